The van der Waals surface area contributed by atoms with Crippen molar-refractivity contribution < 1.29 is 8.85 Å². The molecule has 0 heterocycles. The standard InChI is InChI=1S/C32H44O2P2Si2/c1-21-17-23(3)29(24(4)18-21)35-31(33-37(7,8)9)27-13-15-28(16-14-27)32(34-38(10,11)12)36-30-25(5)19-22(2)20-26(30)6/h13-20H,1-12H3. The second kappa shape index (κ2) is 12.3. The van der Waals surface area contributed by atoms with Crippen LogP contribution in [0.5, 0.6) is 0 Å². The summed E-state index contributed by atoms with van der Waals surface area (Å²) < 4.78 is 13.4. The van der Waals surface area contributed by atoms with Gasteiger partial charge in [0, 0.05) is 21.7 Å². The fourth-order valence-electron chi connectivity index (χ4n) is 4.53. The smallest absolute Gasteiger partial charge is 0.192 e. The summed E-state index contributed by atoms with van der Waals surface area (Å²) in [5, 5.41) is 2.68. The van der Waals surface area contributed by atoms with E-state index in [0.717, 1.165) is 38.5 Å². The van der Waals surface area contributed by atoms with Gasteiger partial charge in [-0.15, -0.1) is 0 Å². The van der Waals surface area contributed by atoms with E-state index in [-0.39, 0.29) is 0 Å². The lowest BCUT2D eigenvalue weighted by molar-refractivity contribution is 0.565. The maximum absolute atomic E-state index is 6.70. The first kappa shape index (κ1) is 30.9. The Hall–Kier alpha value is -1.65. The van der Waals surface area contributed by atoms with E-state index in [0.29, 0.717) is 0 Å². The first-order valence-corrected chi connectivity index (χ1v) is 21.9. The molecule has 0 aliphatic heterocycles. The molecule has 0 aliphatic rings. The summed E-state index contributed by atoms with van der Waals surface area (Å²) >= 11 is 0. The number of hydrogen-bond acceptors (Lipinski definition) is 2. The molecule has 0 radical (unpaired) electrons. The van der Waals surface area contributed by atoms with Gasteiger partial charge >= 0.3 is 0 Å². The lowest BCUT2D eigenvalue weighted by atomic mass is 10.1. The quantitative estimate of drug-likeness (QED) is 0.197. The molecule has 0 fully saturated rings. The zero-order valence-corrected chi connectivity index (χ0v) is 29.1. The maximum atomic E-state index is 6.70. The molecule has 0 saturated heterocycles. The molecular weight excluding hydrogens is 534 g/mol. The van der Waals surface area contributed by atoms with E-state index in [1.54, 1.807) is 0 Å². The Morgan fingerprint density at radius 2 is 0.763 bits per heavy atom. The molecule has 38 heavy (non-hydrogen) atoms. The van der Waals surface area contributed by atoms with Crippen molar-refractivity contribution in [2.24, 2.45) is 0 Å². The molecule has 0 atom stereocenters. The molecule has 3 aromatic rings. The molecule has 0 aromatic heterocycles. The number of hydrogen-bond donors (Lipinski definition) is 0. The summed E-state index contributed by atoms with van der Waals surface area (Å²) in [4.78, 5) is 0. The molecule has 0 saturated carbocycles. The van der Waals surface area contributed by atoms with E-state index in [4.69, 9.17) is 8.85 Å². The zero-order valence-electron chi connectivity index (χ0n) is 25.3. The van der Waals surface area contributed by atoms with Crippen LogP contribution >= 0.6 is 16.4 Å². The Balaban J connectivity index is 2.11. The SMILES string of the molecule is Cc1cc(C)c(P=C(O[Si](C)(C)C)c2ccc(C(O[Si](C)(C)C)=Pc3c(C)cc(C)cc3C)cc2)c(C)c1. The van der Waals surface area contributed by atoms with Gasteiger partial charge in [-0.25, -0.2) is 0 Å². The third-order valence-electron chi connectivity index (χ3n) is 5.88. The third-order valence-corrected chi connectivity index (χ3v) is 10.8. The molecular formula is C32H44O2P2Si2. The highest BCUT2D eigenvalue weighted by Gasteiger charge is 2.22. The Bertz CT molecular complexity index is 1220. The average molecular weight is 579 g/mol. The van der Waals surface area contributed by atoms with Crippen LogP contribution in [-0.2, 0) is 8.85 Å². The van der Waals surface area contributed by atoms with Crippen molar-refractivity contribution in [2.75, 3.05) is 0 Å². The van der Waals surface area contributed by atoms with Crippen LogP contribution in [0.15, 0.2) is 48.5 Å². The molecule has 6 heteroatoms. The van der Waals surface area contributed by atoms with E-state index in [1.165, 1.54) is 44.0 Å². The highest BCUT2D eigenvalue weighted by atomic mass is 31.1. The monoisotopic (exact) mass is 578 g/mol. The van der Waals surface area contributed by atoms with Gasteiger partial charge in [0.1, 0.15) is 0 Å². The molecule has 0 amide bonds. The van der Waals surface area contributed by atoms with E-state index in [9.17, 15) is 0 Å². The number of benzene rings is 3. The minimum Gasteiger partial charge on any atom is -0.382 e. The van der Waals surface area contributed by atoms with Crippen molar-refractivity contribution in [2.45, 2.75) is 80.8 Å². The van der Waals surface area contributed by atoms with Gasteiger partial charge in [0.2, 0.25) is 0 Å². The Kier molecular flexibility index (Phi) is 9.96. The first-order chi connectivity index (χ1) is 17.5. The molecule has 0 aliphatic carbocycles. The van der Waals surface area contributed by atoms with E-state index < -0.39 is 16.6 Å². The van der Waals surface area contributed by atoms with Gasteiger partial charge < -0.3 is 8.85 Å². The van der Waals surface area contributed by atoms with Gasteiger partial charge in [0.05, 0.1) is 11.0 Å². The highest BCUT2D eigenvalue weighted by Crippen LogP contribution is 2.24. The average Bonchev–Trinajstić information content (AvgIpc) is 2.75. The van der Waals surface area contributed by atoms with Crippen LogP contribution in [0.2, 0.25) is 39.3 Å². The predicted octanol–water partition coefficient (Wildman–Crippen LogP) is 8.74. The van der Waals surface area contributed by atoms with Gasteiger partial charge in [-0.3, -0.25) is 0 Å². The molecule has 0 unspecified atom stereocenters. The van der Waals surface area contributed by atoms with Crippen LogP contribution in [0, 0.1) is 41.5 Å². The van der Waals surface area contributed by atoms with Crippen molar-refractivity contribution in [3.8, 4) is 0 Å². The van der Waals surface area contributed by atoms with Gasteiger partial charge in [0.15, 0.2) is 16.6 Å². The molecule has 0 bridgehead atoms. The Morgan fingerprint density at radius 3 is 1.00 bits per heavy atom. The Morgan fingerprint density at radius 1 is 0.500 bits per heavy atom. The summed E-state index contributed by atoms with van der Waals surface area (Å²) in [6, 6.07) is 18.0. The van der Waals surface area contributed by atoms with E-state index in [2.05, 4.69) is 129 Å². The second-order valence-electron chi connectivity index (χ2n) is 12.3. The highest BCUT2D eigenvalue weighted by molar-refractivity contribution is 7.50. The summed E-state index contributed by atoms with van der Waals surface area (Å²) in [6.07, 6.45) is 0. The van der Waals surface area contributed by atoms with E-state index in [1.807, 2.05) is 0 Å². The summed E-state index contributed by atoms with van der Waals surface area (Å²) in [6.45, 7) is 26.7. The largest absolute Gasteiger partial charge is 0.382 e. The summed E-state index contributed by atoms with van der Waals surface area (Å²) in [7, 11) is -1.36. The molecule has 202 valence electrons. The van der Waals surface area contributed by atoms with E-state index >= 15 is 0 Å². The maximum Gasteiger partial charge on any atom is 0.192 e. The van der Waals surface area contributed by atoms with Gasteiger partial charge in [0.25, 0.3) is 0 Å². The Labute approximate surface area is 236 Å². The van der Waals surface area contributed by atoms with Crippen LogP contribution in [0.3, 0.4) is 0 Å². The van der Waals surface area contributed by atoms with Crippen LogP contribution in [0.4, 0.5) is 0 Å². The first-order valence-electron chi connectivity index (χ1n) is 13.3. The topological polar surface area (TPSA) is 18.5 Å². The third kappa shape index (κ3) is 8.68. The van der Waals surface area contributed by atoms with Crippen LogP contribution in [-0.4, -0.2) is 27.6 Å². The number of rotatable bonds is 8. The van der Waals surface area contributed by atoms with Crippen LogP contribution in [0.25, 0.3) is 0 Å². The molecule has 0 N–H and O–H groups in total. The van der Waals surface area contributed by atoms with Crippen molar-refractivity contribution in [3.05, 3.63) is 93.0 Å². The fourth-order valence-corrected chi connectivity index (χ4v) is 9.86. The molecule has 2 nitrogen and oxygen atoms in total. The predicted molar refractivity (Wildman–Crippen MR) is 178 cm³/mol. The lowest BCUT2D eigenvalue weighted by Crippen LogP contribution is -2.30. The molecule has 0 spiro atoms. The minimum atomic E-state index is -1.81. The minimum absolute atomic E-state index is 1.04. The van der Waals surface area contributed by atoms with Crippen LogP contribution < -0.4 is 10.6 Å². The van der Waals surface area contributed by atoms with Gasteiger partial charge in [-0.2, -0.15) is 0 Å². The molecule has 3 rings (SSSR count). The van der Waals surface area contributed by atoms with Crippen molar-refractivity contribution in [3.63, 3.8) is 0 Å². The van der Waals surface area contributed by atoms with Crippen molar-refractivity contribution in [1.29, 1.82) is 0 Å². The van der Waals surface area contributed by atoms with Crippen molar-refractivity contribution >= 4 is 54.6 Å². The zero-order chi connectivity index (χ0) is 28.4. The number of aryl methyl sites for hydroxylation is 6. The lowest BCUT2D eigenvalue weighted by Gasteiger charge is -2.22. The van der Waals surface area contributed by atoms with Crippen LogP contribution in [0.1, 0.15) is 44.5 Å². The second-order valence-corrected chi connectivity index (χ2v) is 23.3. The van der Waals surface area contributed by atoms with Gasteiger partial charge in [-0.1, -0.05) is 59.7 Å². The summed E-state index contributed by atoms with van der Waals surface area (Å²) in [5.41, 5.74) is 12.3. The summed E-state index contributed by atoms with van der Waals surface area (Å²) in [5.74, 6) is 0. The molecule has 3 aromatic carbocycles. The fraction of sp³-hybridized carbons (Fsp3) is 0.375. The van der Waals surface area contributed by atoms with Gasteiger partial charge in [-0.05, 0) is 119 Å². The van der Waals surface area contributed by atoms with Crippen molar-refractivity contribution in [1.82, 2.24) is 0 Å². The normalized spacial score (nSPS) is 13.3.